The number of fused-ring (bicyclic) bond motifs is 1. The van der Waals surface area contributed by atoms with E-state index >= 15 is 0 Å². The lowest BCUT2D eigenvalue weighted by Crippen LogP contribution is -2.39. The minimum atomic E-state index is -0.205. The molecule has 0 spiro atoms. The summed E-state index contributed by atoms with van der Waals surface area (Å²) in [6.07, 6.45) is 0.728. The number of likely N-dealkylation sites (N-methyl/N-ethyl adjacent to an activating group) is 1. The Hall–Kier alpha value is -2.00. The number of benzene rings is 2. The maximum atomic E-state index is 12.6. The summed E-state index contributed by atoms with van der Waals surface area (Å²) in [5.41, 5.74) is 4.07. The van der Waals surface area contributed by atoms with Crippen LogP contribution in [0.1, 0.15) is 11.1 Å². The third-order valence-electron chi connectivity index (χ3n) is 3.93. The number of halogens is 1. The van der Waals surface area contributed by atoms with Crippen LogP contribution in [0.4, 0.5) is 11.4 Å². The summed E-state index contributed by atoms with van der Waals surface area (Å²) in [4.78, 5) is 14.3. The van der Waals surface area contributed by atoms with Crippen LogP contribution in [0.15, 0.2) is 42.5 Å². The van der Waals surface area contributed by atoms with E-state index in [4.69, 9.17) is 11.6 Å². The minimum absolute atomic E-state index is 0.0629. The third-order valence-corrected chi connectivity index (χ3v) is 4.35. The highest BCUT2D eigenvalue weighted by Gasteiger charge is 2.29. The first-order valence-electron chi connectivity index (χ1n) is 6.94. The Kier molecular flexibility index (Phi) is 3.60. The second kappa shape index (κ2) is 5.41. The van der Waals surface area contributed by atoms with Crippen molar-refractivity contribution in [3.05, 3.63) is 58.6 Å². The summed E-state index contributed by atoms with van der Waals surface area (Å²) in [5, 5.41) is 4.01. The van der Waals surface area contributed by atoms with Crippen molar-refractivity contribution in [2.75, 3.05) is 17.3 Å². The molecular formula is C17H17ClN2O. The molecule has 1 aliphatic rings. The van der Waals surface area contributed by atoms with E-state index in [1.54, 1.807) is 11.9 Å². The van der Waals surface area contributed by atoms with Gasteiger partial charge in [-0.15, -0.1) is 0 Å². The number of hydrogen-bond donors (Lipinski definition) is 1. The molecule has 108 valence electrons. The number of nitrogens with one attached hydrogen (secondary N) is 1. The lowest BCUT2D eigenvalue weighted by Gasteiger charge is -2.22. The number of aryl methyl sites for hydroxylation is 1. The van der Waals surface area contributed by atoms with Crippen LogP contribution in [0.2, 0.25) is 5.02 Å². The Balaban J connectivity index is 1.78. The third kappa shape index (κ3) is 2.61. The summed E-state index contributed by atoms with van der Waals surface area (Å²) < 4.78 is 0. The monoisotopic (exact) mass is 300 g/mol. The van der Waals surface area contributed by atoms with Crippen molar-refractivity contribution in [2.45, 2.75) is 19.4 Å². The maximum Gasteiger partial charge on any atom is 0.249 e. The van der Waals surface area contributed by atoms with Gasteiger partial charge in [0.2, 0.25) is 5.91 Å². The van der Waals surface area contributed by atoms with Crippen LogP contribution in [-0.4, -0.2) is 19.0 Å². The van der Waals surface area contributed by atoms with E-state index in [0.29, 0.717) is 5.02 Å². The van der Waals surface area contributed by atoms with E-state index < -0.39 is 0 Å². The Labute approximate surface area is 129 Å². The van der Waals surface area contributed by atoms with Crippen molar-refractivity contribution >= 4 is 28.9 Å². The van der Waals surface area contributed by atoms with Crippen molar-refractivity contribution in [1.29, 1.82) is 0 Å². The van der Waals surface area contributed by atoms with Crippen LogP contribution < -0.4 is 10.2 Å². The van der Waals surface area contributed by atoms with Gasteiger partial charge in [0, 0.05) is 29.9 Å². The number of anilines is 2. The quantitative estimate of drug-likeness (QED) is 0.918. The summed E-state index contributed by atoms with van der Waals surface area (Å²) in [6, 6.07) is 13.5. The van der Waals surface area contributed by atoms with Crippen LogP contribution >= 0.6 is 11.6 Å². The van der Waals surface area contributed by atoms with Gasteiger partial charge in [0.25, 0.3) is 0 Å². The number of carbonyl (C=O) groups is 1. The topological polar surface area (TPSA) is 32.3 Å². The molecule has 1 atom stereocenters. The molecule has 1 N–H and O–H groups in total. The first-order valence-corrected chi connectivity index (χ1v) is 7.32. The van der Waals surface area contributed by atoms with Crippen LogP contribution in [-0.2, 0) is 11.2 Å². The predicted octanol–water partition coefficient (Wildman–Crippen LogP) is 3.65. The average Bonchev–Trinajstić information content (AvgIpc) is 2.92. The smallest absolute Gasteiger partial charge is 0.249 e. The van der Waals surface area contributed by atoms with Gasteiger partial charge in [0.05, 0.1) is 0 Å². The van der Waals surface area contributed by atoms with Crippen LogP contribution in [0, 0.1) is 6.92 Å². The fraction of sp³-hybridized carbons (Fsp3) is 0.235. The molecule has 0 bridgehead atoms. The van der Waals surface area contributed by atoms with Crippen molar-refractivity contribution in [3.63, 3.8) is 0 Å². The molecule has 2 aromatic rings. The Bertz CT molecular complexity index is 674. The van der Waals surface area contributed by atoms with Gasteiger partial charge in [-0.2, -0.15) is 0 Å². The molecule has 0 saturated carbocycles. The molecule has 21 heavy (non-hydrogen) atoms. The number of para-hydroxylation sites is 1. The Morgan fingerprint density at radius 2 is 2.05 bits per heavy atom. The highest BCUT2D eigenvalue weighted by Crippen LogP contribution is 2.28. The Morgan fingerprint density at radius 1 is 1.29 bits per heavy atom. The summed E-state index contributed by atoms with van der Waals surface area (Å²) in [6.45, 7) is 1.94. The van der Waals surface area contributed by atoms with E-state index in [9.17, 15) is 4.79 Å². The zero-order valence-electron chi connectivity index (χ0n) is 12.1. The van der Waals surface area contributed by atoms with E-state index in [1.165, 1.54) is 5.56 Å². The fourth-order valence-electron chi connectivity index (χ4n) is 2.65. The van der Waals surface area contributed by atoms with Crippen LogP contribution in [0.5, 0.6) is 0 Å². The summed E-state index contributed by atoms with van der Waals surface area (Å²) in [7, 11) is 1.80. The zero-order chi connectivity index (χ0) is 15.0. The van der Waals surface area contributed by atoms with Gasteiger partial charge in [-0.25, -0.2) is 0 Å². The van der Waals surface area contributed by atoms with Crippen molar-refractivity contribution in [3.8, 4) is 0 Å². The molecule has 1 amide bonds. The van der Waals surface area contributed by atoms with Gasteiger partial charge in [0.1, 0.15) is 6.04 Å². The Morgan fingerprint density at radius 3 is 2.76 bits per heavy atom. The number of amides is 1. The molecule has 0 unspecified atom stereocenters. The van der Waals surface area contributed by atoms with Gasteiger partial charge in [-0.3, -0.25) is 4.79 Å². The lowest BCUT2D eigenvalue weighted by molar-refractivity contribution is -0.118. The normalized spacial score (nSPS) is 16.2. The van der Waals surface area contributed by atoms with E-state index in [1.807, 2.05) is 43.3 Å². The van der Waals surface area contributed by atoms with Gasteiger partial charge < -0.3 is 10.2 Å². The van der Waals surface area contributed by atoms with Gasteiger partial charge in [-0.05, 0) is 42.3 Å². The molecule has 1 heterocycles. The summed E-state index contributed by atoms with van der Waals surface area (Å²) in [5.74, 6) is 0.0629. The summed E-state index contributed by atoms with van der Waals surface area (Å²) >= 11 is 6.04. The molecule has 0 aromatic heterocycles. The van der Waals surface area contributed by atoms with Crippen molar-refractivity contribution in [2.24, 2.45) is 0 Å². The van der Waals surface area contributed by atoms with Crippen molar-refractivity contribution in [1.82, 2.24) is 0 Å². The number of hydrogen-bond acceptors (Lipinski definition) is 2. The zero-order valence-corrected chi connectivity index (χ0v) is 12.8. The maximum absolute atomic E-state index is 12.6. The molecule has 0 fully saturated rings. The SMILES string of the molecule is Cc1cc(N(C)C(=O)[C@@H]2Cc3ccccc3N2)ccc1Cl. The predicted molar refractivity (Wildman–Crippen MR) is 87.2 cm³/mol. The number of nitrogens with zero attached hydrogens (tertiary/aromatic N) is 1. The lowest BCUT2D eigenvalue weighted by atomic mass is 10.1. The molecule has 3 rings (SSSR count). The van der Waals surface area contributed by atoms with E-state index in [-0.39, 0.29) is 11.9 Å². The van der Waals surface area contributed by atoms with Crippen LogP contribution in [0.3, 0.4) is 0 Å². The first-order chi connectivity index (χ1) is 10.1. The molecule has 0 saturated heterocycles. The van der Waals surface area contributed by atoms with E-state index in [0.717, 1.165) is 23.4 Å². The molecule has 1 aliphatic heterocycles. The second-order valence-corrected chi connectivity index (χ2v) is 5.80. The van der Waals surface area contributed by atoms with Gasteiger partial charge in [-0.1, -0.05) is 29.8 Å². The van der Waals surface area contributed by atoms with Crippen LogP contribution in [0.25, 0.3) is 0 Å². The fourth-order valence-corrected chi connectivity index (χ4v) is 2.76. The molecule has 0 radical (unpaired) electrons. The molecule has 4 heteroatoms. The van der Waals surface area contributed by atoms with Gasteiger partial charge in [0.15, 0.2) is 0 Å². The number of rotatable bonds is 2. The standard InChI is InChI=1S/C17H17ClN2O/c1-11-9-13(7-8-14(11)18)20(2)17(21)16-10-12-5-3-4-6-15(12)19-16/h3-9,16,19H,10H2,1-2H3/t16-/m0/s1. The molecule has 3 nitrogen and oxygen atoms in total. The minimum Gasteiger partial charge on any atom is -0.373 e. The van der Waals surface area contributed by atoms with Gasteiger partial charge >= 0.3 is 0 Å². The molecular weight excluding hydrogens is 284 g/mol. The molecule has 2 aromatic carbocycles. The highest BCUT2D eigenvalue weighted by molar-refractivity contribution is 6.31. The average molecular weight is 301 g/mol. The number of carbonyl (C=O) groups excluding carboxylic acids is 1. The largest absolute Gasteiger partial charge is 0.373 e. The highest BCUT2D eigenvalue weighted by atomic mass is 35.5. The van der Waals surface area contributed by atoms with Crippen molar-refractivity contribution < 1.29 is 4.79 Å². The first kappa shape index (κ1) is 14.0. The van der Waals surface area contributed by atoms with E-state index in [2.05, 4.69) is 11.4 Å². The second-order valence-electron chi connectivity index (χ2n) is 5.39. The molecule has 0 aliphatic carbocycles.